The molecule has 1 aromatic carbocycles. The van der Waals surface area contributed by atoms with Gasteiger partial charge in [0.2, 0.25) is 5.91 Å². The van der Waals surface area contributed by atoms with Crippen molar-refractivity contribution in [3.8, 4) is 0 Å². The van der Waals surface area contributed by atoms with Crippen LogP contribution in [-0.4, -0.2) is 12.5 Å². The maximum absolute atomic E-state index is 13.2. The second kappa shape index (κ2) is 6.45. The number of carbonyl (C=O) groups is 1. The van der Waals surface area contributed by atoms with E-state index in [1.54, 1.807) is 0 Å². The predicted octanol–water partition coefficient (Wildman–Crippen LogP) is 2.55. The van der Waals surface area contributed by atoms with Gasteiger partial charge in [-0.15, -0.1) is 0 Å². The van der Waals surface area contributed by atoms with Gasteiger partial charge in [-0.2, -0.15) is 0 Å². The summed E-state index contributed by atoms with van der Waals surface area (Å²) in [5, 5.41) is 2.86. The van der Waals surface area contributed by atoms with Gasteiger partial charge in [0.15, 0.2) is 0 Å². The zero-order valence-corrected chi connectivity index (χ0v) is 9.56. The molecule has 0 aromatic heterocycles. The Bertz CT molecular complexity index is 371. The first-order valence-electron chi connectivity index (χ1n) is 5.08. The molecule has 0 fully saturated rings. The number of rotatable bonds is 5. The van der Waals surface area contributed by atoms with Gasteiger partial charge in [-0.25, -0.2) is 4.39 Å². The van der Waals surface area contributed by atoms with Crippen molar-refractivity contribution in [3.63, 3.8) is 0 Å². The fourth-order valence-electron chi connectivity index (χ4n) is 1.24. The minimum atomic E-state index is -0.489. The molecule has 0 spiro atoms. The average molecular weight is 245 g/mol. The molecule has 1 amide bonds. The summed E-state index contributed by atoms with van der Waals surface area (Å²) in [6.45, 7) is 0.554. The van der Waals surface area contributed by atoms with Crippen molar-refractivity contribution in [2.24, 2.45) is 5.73 Å². The normalized spacial score (nSPS) is 10.2. The molecular weight excluding hydrogens is 231 g/mol. The van der Waals surface area contributed by atoms with Crippen LogP contribution in [-0.2, 0) is 4.79 Å². The van der Waals surface area contributed by atoms with Gasteiger partial charge in [0, 0.05) is 11.4 Å². The fraction of sp³-hybridized carbons (Fsp3) is 0.364. The molecule has 0 aliphatic rings. The Kier molecular flexibility index (Phi) is 5.22. The van der Waals surface area contributed by atoms with E-state index in [2.05, 4.69) is 5.32 Å². The van der Waals surface area contributed by atoms with Gasteiger partial charge in [0.1, 0.15) is 5.82 Å². The maximum atomic E-state index is 13.2. The molecule has 0 saturated carbocycles. The highest BCUT2D eigenvalue weighted by atomic mass is 35.5. The molecule has 0 aliphatic carbocycles. The first-order chi connectivity index (χ1) is 7.63. The molecule has 0 unspecified atom stereocenters. The molecule has 3 nitrogen and oxygen atoms in total. The Morgan fingerprint density at radius 1 is 1.44 bits per heavy atom. The first-order valence-corrected chi connectivity index (χ1v) is 5.46. The molecule has 1 aromatic rings. The smallest absolute Gasteiger partial charge is 0.224 e. The largest absolute Gasteiger partial charge is 0.330 e. The lowest BCUT2D eigenvalue weighted by atomic mass is 10.2. The van der Waals surface area contributed by atoms with E-state index in [1.165, 1.54) is 18.2 Å². The Balaban J connectivity index is 2.52. The van der Waals surface area contributed by atoms with Gasteiger partial charge in [-0.1, -0.05) is 11.6 Å². The second-order valence-corrected chi connectivity index (χ2v) is 3.85. The van der Waals surface area contributed by atoms with E-state index in [4.69, 9.17) is 17.3 Å². The number of amides is 1. The lowest BCUT2D eigenvalue weighted by Gasteiger charge is -2.06. The summed E-state index contributed by atoms with van der Waals surface area (Å²) in [6, 6.07) is 4.04. The van der Waals surface area contributed by atoms with Gasteiger partial charge < -0.3 is 11.1 Å². The van der Waals surface area contributed by atoms with Crippen molar-refractivity contribution < 1.29 is 9.18 Å². The van der Waals surface area contributed by atoms with Crippen LogP contribution in [0.3, 0.4) is 0 Å². The summed E-state index contributed by atoms with van der Waals surface area (Å²) in [6.07, 6.45) is 1.82. The molecule has 0 heterocycles. The van der Waals surface area contributed by atoms with Gasteiger partial charge in [-0.3, -0.25) is 4.79 Å². The molecular formula is C11H14ClFN2O. The van der Waals surface area contributed by atoms with E-state index in [0.29, 0.717) is 24.4 Å². The van der Waals surface area contributed by atoms with Crippen molar-refractivity contribution in [1.82, 2.24) is 0 Å². The van der Waals surface area contributed by atoms with Crippen molar-refractivity contribution >= 4 is 23.2 Å². The Labute approximate surface area is 98.8 Å². The van der Waals surface area contributed by atoms with E-state index in [9.17, 15) is 9.18 Å². The number of hydrogen-bond acceptors (Lipinski definition) is 2. The van der Waals surface area contributed by atoms with Gasteiger partial charge in [0.25, 0.3) is 0 Å². The zero-order valence-electron chi connectivity index (χ0n) is 8.80. The predicted molar refractivity (Wildman–Crippen MR) is 62.9 cm³/mol. The van der Waals surface area contributed by atoms with E-state index in [0.717, 1.165) is 6.42 Å². The number of hydrogen-bond donors (Lipinski definition) is 2. The van der Waals surface area contributed by atoms with Crippen molar-refractivity contribution in [1.29, 1.82) is 0 Å². The highest BCUT2D eigenvalue weighted by molar-refractivity contribution is 6.30. The number of halogens is 2. The number of nitrogens with one attached hydrogen (secondary N) is 1. The van der Waals surface area contributed by atoms with Crippen LogP contribution in [0.1, 0.15) is 19.3 Å². The molecule has 0 bridgehead atoms. The SMILES string of the molecule is NCCCCC(=O)Nc1cc(Cl)ccc1F. The van der Waals surface area contributed by atoms with E-state index < -0.39 is 5.82 Å². The van der Waals surface area contributed by atoms with Crippen molar-refractivity contribution in [3.05, 3.63) is 29.0 Å². The van der Waals surface area contributed by atoms with Crippen LogP contribution < -0.4 is 11.1 Å². The lowest BCUT2D eigenvalue weighted by molar-refractivity contribution is -0.116. The number of benzene rings is 1. The molecule has 1 rings (SSSR count). The van der Waals surface area contributed by atoms with Crippen LogP contribution in [0.4, 0.5) is 10.1 Å². The van der Waals surface area contributed by atoms with Gasteiger partial charge in [0.05, 0.1) is 5.69 Å². The highest BCUT2D eigenvalue weighted by Gasteiger charge is 2.07. The Morgan fingerprint density at radius 3 is 2.88 bits per heavy atom. The van der Waals surface area contributed by atoms with Crippen molar-refractivity contribution in [2.75, 3.05) is 11.9 Å². The molecule has 0 atom stereocenters. The van der Waals surface area contributed by atoms with Crippen LogP contribution in [0.25, 0.3) is 0 Å². The number of unbranched alkanes of at least 4 members (excludes halogenated alkanes) is 1. The minimum absolute atomic E-state index is 0.116. The molecule has 88 valence electrons. The van der Waals surface area contributed by atoms with Gasteiger partial charge >= 0.3 is 0 Å². The third kappa shape index (κ3) is 4.16. The number of carbonyl (C=O) groups excluding carboxylic acids is 1. The summed E-state index contributed by atoms with van der Waals surface area (Å²) in [7, 11) is 0. The van der Waals surface area contributed by atoms with Crippen LogP contribution in [0, 0.1) is 5.82 Å². The summed E-state index contributed by atoms with van der Waals surface area (Å²) < 4.78 is 13.2. The molecule has 16 heavy (non-hydrogen) atoms. The molecule has 0 saturated heterocycles. The molecule has 0 radical (unpaired) electrons. The summed E-state index contributed by atoms with van der Waals surface area (Å²) in [4.78, 5) is 11.4. The molecule has 0 aliphatic heterocycles. The third-order valence-corrected chi connectivity index (χ3v) is 2.30. The Morgan fingerprint density at radius 2 is 2.19 bits per heavy atom. The van der Waals surface area contributed by atoms with Crippen LogP contribution in [0.5, 0.6) is 0 Å². The lowest BCUT2D eigenvalue weighted by Crippen LogP contribution is -2.13. The standard InChI is InChI=1S/C11H14ClFN2O/c12-8-4-5-9(13)10(7-8)15-11(16)3-1-2-6-14/h4-5,7H,1-3,6,14H2,(H,15,16). The van der Waals surface area contributed by atoms with Crippen LogP contribution >= 0.6 is 11.6 Å². The quantitative estimate of drug-likeness (QED) is 0.782. The monoisotopic (exact) mass is 244 g/mol. The van der Waals surface area contributed by atoms with E-state index in [-0.39, 0.29) is 11.6 Å². The van der Waals surface area contributed by atoms with Crippen LogP contribution in [0.2, 0.25) is 5.02 Å². The molecule has 3 N–H and O–H groups in total. The molecule has 5 heteroatoms. The second-order valence-electron chi connectivity index (χ2n) is 3.42. The number of nitrogens with two attached hydrogens (primary N) is 1. The fourth-order valence-corrected chi connectivity index (χ4v) is 1.41. The third-order valence-electron chi connectivity index (χ3n) is 2.06. The summed E-state index contributed by atoms with van der Waals surface area (Å²) in [5.74, 6) is -0.716. The van der Waals surface area contributed by atoms with E-state index in [1.807, 2.05) is 0 Å². The highest BCUT2D eigenvalue weighted by Crippen LogP contribution is 2.19. The summed E-state index contributed by atoms with van der Waals surface area (Å²) in [5.41, 5.74) is 5.42. The first kappa shape index (κ1) is 12.9. The maximum Gasteiger partial charge on any atom is 0.224 e. The minimum Gasteiger partial charge on any atom is -0.330 e. The summed E-state index contributed by atoms with van der Waals surface area (Å²) >= 11 is 5.69. The topological polar surface area (TPSA) is 55.1 Å². The van der Waals surface area contributed by atoms with Gasteiger partial charge in [-0.05, 0) is 37.6 Å². The van der Waals surface area contributed by atoms with Crippen LogP contribution in [0.15, 0.2) is 18.2 Å². The zero-order chi connectivity index (χ0) is 12.0. The number of anilines is 1. The average Bonchev–Trinajstić information content (AvgIpc) is 2.24. The van der Waals surface area contributed by atoms with E-state index >= 15 is 0 Å². The van der Waals surface area contributed by atoms with Crippen molar-refractivity contribution in [2.45, 2.75) is 19.3 Å². The Hall–Kier alpha value is -1.13.